The number of pyridine rings is 1. The van der Waals surface area contributed by atoms with Crippen LogP contribution < -0.4 is 10.6 Å². The summed E-state index contributed by atoms with van der Waals surface area (Å²) in [6, 6.07) is 3.23. The van der Waals surface area contributed by atoms with Gasteiger partial charge in [-0.25, -0.2) is 14.6 Å². The number of aryl methyl sites for hydroxylation is 1. The van der Waals surface area contributed by atoms with Gasteiger partial charge in [-0.05, 0) is 19.1 Å². The smallest absolute Gasteiger partial charge is 0.355 e. The Bertz CT molecular complexity index is 639. The number of carbonyl (C=O) groups is 2. The average Bonchev–Trinajstić information content (AvgIpc) is 2.90. The number of aromatic carboxylic acids is 1. The van der Waals surface area contributed by atoms with Crippen LogP contribution in [0.4, 0.5) is 10.5 Å². The lowest BCUT2D eigenvalue weighted by molar-refractivity contribution is 0.0691. The lowest BCUT2D eigenvalue weighted by Crippen LogP contribution is -2.30. The predicted molar refractivity (Wildman–Crippen MR) is 78.8 cm³/mol. The van der Waals surface area contributed by atoms with Gasteiger partial charge < -0.3 is 15.7 Å². The molecule has 0 saturated heterocycles. The first-order valence-electron chi connectivity index (χ1n) is 6.20. The first kappa shape index (κ1) is 14.9. The zero-order valence-corrected chi connectivity index (χ0v) is 12.1. The molecule has 2 aromatic heterocycles. The molecule has 0 atom stereocenters. The molecule has 0 aliphatic heterocycles. The number of rotatable bonds is 5. The zero-order chi connectivity index (χ0) is 15.2. The summed E-state index contributed by atoms with van der Waals surface area (Å²) in [6.45, 7) is 2.24. The fraction of sp³-hybridized carbons (Fsp3) is 0.231. The van der Waals surface area contributed by atoms with Gasteiger partial charge in [0, 0.05) is 24.0 Å². The molecule has 0 radical (unpaired) electrons. The molecule has 2 amide bonds. The SMILES string of the molecule is Cc1ccc(NC(=O)NCCc2nc(C(=O)O)cs2)cn1. The topological polar surface area (TPSA) is 104 Å². The molecule has 0 spiro atoms. The van der Waals surface area contributed by atoms with Gasteiger partial charge in [-0.1, -0.05) is 0 Å². The number of hydrogen-bond donors (Lipinski definition) is 3. The van der Waals surface area contributed by atoms with E-state index in [1.165, 1.54) is 16.7 Å². The van der Waals surface area contributed by atoms with E-state index in [1.54, 1.807) is 18.3 Å². The number of thiazole rings is 1. The minimum Gasteiger partial charge on any atom is -0.476 e. The third-order valence-corrected chi connectivity index (χ3v) is 3.47. The fourth-order valence-electron chi connectivity index (χ4n) is 1.52. The third kappa shape index (κ3) is 4.53. The summed E-state index contributed by atoms with van der Waals surface area (Å²) in [5, 5.41) is 16.2. The highest BCUT2D eigenvalue weighted by Crippen LogP contribution is 2.10. The van der Waals surface area contributed by atoms with Gasteiger partial charge in [-0.2, -0.15) is 0 Å². The highest BCUT2D eigenvalue weighted by Gasteiger charge is 2.08. The number of carboxylic acid groups (broad SMARTS) is 1. The molecule has 0 aliphatic carbocycles. The minimum atomic E-state index is -1.05. The summed E-state index contributed by atoms with van der Waals surface area (Å²) in [6.07, 6.45) is 2.06. The molecular weight excluding hydrogens is 292 g/mol. The number of nitrogens with zero attached hydrogens (tertiary/aromatic N) is 2. The zero-order valence-electron chi connectivity index (χ0n) is 11.3. The quantitative estimate of drug-likeness (QED) is 0.782. The average molecular weight is 306 g/mol. The van der Waals surface area contributed by atoms with Gasteiger partial charge in [-0.15, -0.1) is 11.3 Å². The molecule has 8 heteroatoms. The van der Waals surface area contributed by atoms with Crippen molar-refractivity contribution in [2.24, 2.45) is 0 Å². The van der Waals surface area contributed by atoms with E-state index in [-0.39, 0.29) is 11.7 Å². The molecule has 3 N–H and O–H groups in total. The molecule has 0 unspecified atom stereocenters. The maximum Gasteiger partial charge on any atom is 0.355 e. The number of nitrogens with one attached hydrogen (secondary N) is 2. The molecule has 7 nitrogen and oxygen atoms in total. The van der Waals surface area contributed by atoms with Crippen LogP contribution in [0.25, 0.3) is 0 Å². The van der Waals surface area contributed by atoms with Crippen LogP contribution in [0.3, 0.4) is 0 Å². The molecule has 0 fully saturated rings. The van der Waals surface area contributed by atoms with Crippen LogP contribution in [-0.4, -0.2) is 33.6 Å². The molecule has 21 heavy (non-hydrogen) atoms. The number of aromatic nitrogens is 2. The van der Waals surface area contributed by atoms with Gasteiger partial charge in [0.25, 0.3) is 0 Å². The third-order valence-electron chi connectivity index (χ3n) is 2.56. The summed E-state index contributed by atoms with van der Waals surface area (Å²) < 4.78 is 0. The van der Waals surface area contributed by atoms with Crippen LogP contribution >= 0.6 is 11.3 Å². The van der Waals surface area contributed by atoms with Gasteiger partial charge in [0.1, 0.15) is 0 Å². The molecule has 0 saturated carbocycles. The Hall–Kier alpha value is -2.48. The van der Waals surface area contributed by atoms with Crippen LogP contribution in [-0.2, 0) is 6.42 Å². The van der Waals surface area contributed by atoms with E-state index >= 15 is 0 Å². The number of carboxylic acids is 1. The molecular formula is C13H14N4O3S. The fourth-order valence-corrected chi connectivity index (χ4v) is 2.30. The second kappa shape index (κ2) is 6.80. The summed E-state index contributed by atoms with van der Waals surface area (Å²) in [5.74, 6) is -1.05. The van der Waals surface area contributed by atoms with Crippen LogP contribution in [0.1, 0.15) is 21.2 Å². The molecule has 2 aromatic rings. The molecule has 2 rings (SSSR count). The van der Waals surface area contributed by atoms with Crippen molar-refractivity contribution < 1.29 is 14.7 Å². The van der Waals surface area contributed by atoms with Crippen molar-refractivity contribution in [3.05, 3.63) is 40.1 Å². The molecule has 0 bridgehead atoms. The van der Waals surface area contributed by atoms with E-state index in [9.17, 15) is 9.59 Å². The van der Waals surface area contributed by atoms with Crippen molar-refractivity contribution in [3.8, 4) is 0 Å². The van der Waals surface area contributed by atoms with Crippen LogP contribution in [0.15, 0.2) is 23.7 Å². The van der Waals surface area contributed by atoms with E-state index in [4.69, 9.17) is 5.11 Å². The molecule has 0 aliphatic rings. The Balaban J connectivity index is 1.76. The van der Waals surface area contributed by atoms with Gasteiger partial charge in [-0.3, -0.25) is 4.98 Å². The largest absolute Gasteiger partial charge is 0.476 e. The minimum absolute atomic E-state index is 0.0326. The van der Waals surface area contributed by atoms with Crippen LogP contribution in [0, 0.1) is 6.92 Å². The van der Waals surface area contributed by atoms with Gasteiger partial charge in [0.15, 0.2) is 5.69 Å². The highest BCUT2D eigenvalue weighted by atomic mass is 32.1. The number of anilines is 1. The van der Waals surface area contributed by atoms with Crippen LogP contribution in [0.5, 0.6) is 0 Å². The summed E-state index contributed by atoms with van der Waals surface area (Å²) in [5.41, 5.74) is 1.52. The number of hydrogen-bond acceptors (Lipinski definition) is 5. The Labute approximate surface area is 125 Å². The highest BCUT2D eigenvalue weighted by molar-refractivity contribution is 7.09. The monoisotopic (exact) mass is 306 g/mol. The van der Waals surface area contributed by atoms with E-state index in [1.807, 2.05) is 6.92 Å². The lowest BCUT2D eigenvalue weighted by Gasteiger charge is -2.06. The second-order valence-corrected chi connectivity index (χ2v) is 5.19. The molecule has 2 heterocycles. The van der Waals surface area contributed by atoms with Crippen molar-refractivity contribution in [2.45, 2.75) is 13.3 Å². The predicted octanol–water partition coefficient (Wildman–Crippen LogP) is 1.91. The summed E-state index contributed by atoms with van der Waals surface area (Å²) in [7, 11) is 0. The number of carbonyl (C=O) groups excluding carboxylic acids is 1. The van der Waals surface area contributed by atoms with Crippen molar-refractivity contribution in [2.75, 3.05) is 11.9 Å². The maximum absolute atomic E-state index is 11.6. The van der Waals surface area contributed by atoms with E-state index < -0.39 is 5.97 Å². The number of amides is 2. The standard InChI is InChI=1S/C13H14N4O3S/c1-8-2-3-9(6-15-8)16-13(20)14-5-4-11-17-10(7-21-11)12(18)19/h2-3,6-7H,4-5H2,1H3,(H,18,19)(H2,14,16,20). The normalized spacial score (nSPS) is 10.1. The summed E-state index contributed by atoms with van der Waals surface area (Å²) in [4.78, 5) is 30.3. The van der Waals surface area contributed by atoms with Gasteiger partial charge in [0.2, 0.25) is 0 Å². The Kier molecular flexibility index (Phi) is 4.83. The Morgan fingerprint density at radius 3 is 2.81 bits per heavy atom. The van der Waals surface area contributed by atoms with E-state index in [0.717, 1.165) is 5.69 Å². The summed E-state index contributed by atoms with van der Waals surface area (Å²) >= 11 is 1.26. The van der Waals surface area contributed by atoms with E-state index in [2.05, 4.69) is 20.6 Å². The molecule has 0 aromatic carbocycles. The first-order chi connectivity index (χ1) is 10.0. The maximum atomic E-state index is 11.6. The van der Waals surface area contributed by atoms with E-state index in [0.29, 0.717) is 23.7 Å². The first-order valence-corrected chi connectivity index (χ1v) is 7.08. The molecule has 110 valence electrons. The number of urea groups is 1. The Morgan fingerprint density at radius 1 is 1.38 bits per heavy atom. The lowest BCUT2D eigenvalue weighted by atomic mass is 10.3. The van der Waals surface area contributed by atoms with Crippen molar-refractivity contribution in [3.63, 3.8) is 0 Å². The Morgan fingerprint density at radius 2 is 2.19 bits per heavy atom. The van der Waals surface area contributed by atoms with Crippen molar-refractivity contribution >= 4 is 29.0 Å². The van der Waals surface area contributed by atoms with Gasteiger partial charge >= 0.3 is 12.0 Å². The van der Waals surface area contributed by atoms with Gasteiger partial charge in [0.05, 0.1) is 16.9 Å². The second-order valence-electron chi connectivity index (χ2n) is 4.25. The van der Waals surface area contributed by atoms with Crippen molar-refractivity contribution in [1.82, 2.24) is 15.3 Å². The van der Waals surface area contributed by atoms with Crippen LogP contribution in [0.2, 0.25) is 0 Å². The van der Waals surface area contributed by atoms with Crippen molar-refractivity contribution in [1.29, 1.82) is 0 Å².